The molecule has 76 valence electrons. The highest BCUT2D eigenvalue weighted by molar-refractivity contribution is 6.41. The molecule has 4 nitrogen and oxygen atoms in total. The van der Waals surface area contributed by atoms with E-state index in [0.717, 1.165) is 0 Å². The van der Waals surface area contributed by atoms with E-state index in [1.165, 1.54) is 29.4 Å². The number of hydrogen-bond acceptors (Lipinski definition) is 3. The molecule has 2 aromatic rings. The summed E-state index contributed by atoms with van der Waals surface area (Å²) in [5.74, 6) is -0.251. The van der Waals surface area contributed by atoms with Crippen LogP contribution in [0.2, 0.25) is 10.2 Å². The topological polar surface area (TPSA) is 47.8 Å². The molecule has 0 atom stereocenters. The van der Waals surface area contributed by atoms with Gasteiger partial charge in [-0.05, 0) is 6.07 Å². The van der Waals surface area contributed by atoms with Crippen molar-refractivity contribution in [3.8, 4) is 0 Å². The Morgan fingerprint density at radius 2 is 2.20 bits per heavy atom. The summed E-state index contributed by atoms with van der Waals surface area (Å²) in [6.07, 6.45) is 5.84. The van der Waals surface area contributed by atoms with Gasteiger partial charge in [0.25, 0.3) is 5.91 Å². The first kappa shape index (κ1) is 10.1. The van der Waals surface area contributed by atoms with Crippen LogP contribution in [0.4, 0.5) is 0 Å². The van der Waals surface area contributed by atoms with E-state index >= 15 is 0 Å². The predicted octanol–water partition coefficient (Wildman–Crippen LogP) is 2.27. The summed E-state index contributed by atoms with van der Waals surface area (Å²) in [4.78, 5) is 19.3. The van der Waals surface area contributed by atoms with E-state index in [9.17, 15) is 4.79 Å². The Labute approximate surface area is 95.5 Å². The van der Waals surface area contributed by atoms with Crippen LogP contribution in [0.1, 0.15) is 10.4 Å². The van der Waals surface area contributed by atoms with Crippen LogP contribution in [0.25, 0.3) is 0 Å². The average Bonchev–Trinajstić information content (AvgIpc) is 2.74. The molecule has 0 spiro atoms. The molecule has 0 N–H and O–H groups in total. The lowest BCUT2D eigenvalue weighted by molar-refractivity contribution is 0.0959. The third kappa shape index (κ3) is 2.00. The van der Waals surface area contributed by atoms with Gasteiger partial charge >= 0.3 is 0 Å². The fourth-order valence-corrected chi connectivity index (χ4v) is 1.34. The van der Waals surface area contributed by atoms with Gasteiger partial charge < -0.3 is 0 Å². The first-order valence-electron chi connectivity index (χ1n) is 4.02. The maximum absolute atomic E-state index is 11.8. The summed E-state index contributed by atoms with van der Waals surface area (Å²) >= 11 is 11.4. The third-order valence-electron chi connectivity index (χ3n) is 1.78. The number of rotatable bonds is 1. The molecule has 0 radical (unpaired) electrons. The molecule has 0 bridgehead atoms. The molecule has 0 aliphatic rings. The molecule has 0 saturated heterocycles. The summed E-state index contributed by atoms with van der Waals surface area (Å²) in [5, 5.41) is 0.432. The first-order valence-corrected chi connectivity index (χ1v) is 4.78. The molecule has 0 saturated carbocycles. The van der Waals surface area contributed by atoms with Gasteiger partial charge in [0.15, 0.2) is 0 Å². The van der Waals surface area contributed by atoms with Crippen molar-refractivity contribution < 1.29 is 4.79 Å². The van der Waals surface area contributed by atoms with E-state index in [1.54, 1.807) is 6.20 Å². The molecular weight excluding hydrogens is 237 g/mol. The van der Waals surface area contributed by atoms with E-state index in [2.05, 4.69) is 9.97 Å². The minimum Gasteiger partial charge on any atom is -0.272 e. The van der Waals surface area contributed by atoms with E-state index in [4.69, 9.17) is 23.2 Å². The Kier molecular flexibility index (Phi) is 2.70. The lowest BCUT2D eigenvalue weighted by Gasteiger charge is -2.01. The quantitative estimate of drug-likeness (QED) is 0.720. The van der Waals surface area contributed by atoms with Gasteiger partial charge in [-0.25, -0.2) is 9.97 Å². The summed E-state index contributed by atoms with van der Waals surface area (Å²) in [6, 6.07) is 1.47. The molecular formula is C9H5Cl2N3O. The molecule has 0 amide bonds. The largest absolute Gasteiger partial charge is 0.272 e. The first-order chi connectivity index (χ1) is 7.18. The molecule has 0 aromatic carbocycles. The third-order valence-corrected chi connectivity index (χ3v) is 2.47. The fourth-order valence-electron chi connectivity index (χ4n) is 1.07. The Morgan fingerprint density at radius 3 is 2.80 bits per heavy atom. The van der Waals surface area contributed by atoms with Crippen LogP contribution in [0.3, 0.4) is 0 Å². The standard InChI is InChI=1S/C9H5Cl2N3O/c10-7-3-6(4-13-8(7)11)9(15)14-2-1-12-5-14/h1-5H. The minimum absolute atomic E-state index is 0.179. The number of carbonyl (C=O) groups is 1. The van der Waals surface area contributed by atoms with Crippen LogP contribution in [0, 0.1) is 0 Å². The van der Waals surface area contributed by atoms with Gasteiger partial charge in [-0.2, -0.15) is 0 Å². The minimum atomic E-state index is -0.251. The van der Waals surface area contributed by atoms with E-state index in [0.29, 0.717) is 5.56 Å². The molecule has 0 fully saturated rings. The maximum atomic E-state index is 11.8. The molecule has 2 heterocycles. The van der Waals surface area contributed by atoms with Crippen LogP contribution >= 0.6 is 23.2 Å². The maximum Gasteiger partial charge on any atom is 0.264 e. The molecule has 6 heteroatoms. The second kappa shape index (κ2) is 4.00. The van der Waals surface area contributed by atoms with Crippen LogP contribution in [0.15, 0.2) is 31.0 Å². The van der Waals surface area contributed by atoms with Gasteiger partial charge in [0.1, 0.15) is 11.5 Å². The smallest absolute Gasteiger partial charge is 0.264 e. The van der Waals surface area contributed by atoms with E-state index in [-0.39, 0.29) is 16.1 Å². The summed E-state index contributed by atoms with van der Waals surface area (Å²) in [7, 11) is 0. The summed E-state index contributed by atoms with van der Waals surface area (Å²) < 4.78 is 1.33. The number of pyridine rings is 1. The number of carbonyl (C=O) groups excluding carboxylic acids is 1. The number of aromatic nitrogens is 3. The van der Waals surface area contributed by atoms with E-state index < -0.39 is 0 Å². The Balaban J connectivity index is 2.39. The van der Waals surface area contributed by atoms with Crippen molar-refractivity contribution in [2.75, 3.05) is 0 Å². The fraction of sp³-hybridized carbons (Fsp3) is 0. The SMILES string of the molecule is O=C(c1cnc(Cl)c(Cl)c1)n1ccnc1. The lowest BCUT2D eigenvalue weighted by Crippen LogP contribution is -2.10. The zero-order chi connectivity index (χ0) is 10.8. The molecule has 0 aliphatic carbocycles. The van der Waals surface area contributed by atoms with Crippen molar-refractivity contribution in [2.45, 2.75) is 0 Å². The van der Waals surface area contributed by atoms with Crippen LogP contribution in [0.5, 0.6) is 0 Å². The lowest BCUT2D eigenvalue weighted by atomic mass is 10.3. The van der Waals surface area contributed by atoms with Crippen molar-refractivity contribution >= 4 is 29.1 Å². The zero-order valence-electron chi connectivity index (χ0n) is 7.39. The van der Waals surface area contributed by atoms with Gasteiger partial charge in [-0.3, -0.25) is 9.36 Å². The monoisotopic (exact) mass is 241 g/mol. The molecule has 2 aromatic heterocycles. The highest BCUT2D eigenvalue weighted by atomic mass is 35.5. The normalized spacial score (nSPS) is 10.3. The van der Waals surface area contributed by atoms with Gasteiger partial charge in [0.2, 0.25) is 0 Å². The molecule has 2 rings (SSSR count). The highest BCUT2D eigenvalue weighted by Crippen LogP contribution is 2.20. The van der Waals surface area contributed by atoms with Crippen molar-refractivity contribution in [3.63, 3.8) is 0 Å². The molecule has 15 heavy (non-hydrogen) atoms. The summed E-state index contributed by atoms with van der Waals surface area (Å²) in [5.41, 5.74) is 0.363. The zero-order valence-corrected chi connectivity index (χ0v) is 8.90. The second-order valence-corrected chi connectivity index (χ2v) is 3.54. The van der Waals surface area contributed by atoms with E-state index in [1.807, 2.05) is 0 Å². The Bertz CT molecular complexity index is 496. The van der Waals surface area contributed by atoms with Gasteiger partial charge in [0.05, 0.1) is 10.6 Å². The van der Waals surface area contributed by atoms with Gasteiger partial charge in [-0.1, -0.05) is 23.2 Å². The van der Waals surface area contributed by atoms with Crippen molar-refractivity contribution in [1.82, 2.24) is 14.5 Å². The van der Waals surface area contributed by atoms with Crippen molar-refractivity contribution in [1.29, 1.82) is 0 Å². The average molecular weight is 242 g/mol. The Morgan fingerprint density at radius 1 is 1.40 bits per heavy atom. The number of nitrogens with zero attached hydrogens (tertiary/aromatic N) is 3. The summed E-state index contributed by atoms with van der Waals surface area (Å²) in [6.45, 7) is 0. The second-order valence-electron chi connectivity index (χ2n) is 2.77. The number of halogens is 2. The van der Waals surface area contributed by atoms with Crippen LogP contribution in [-0.2, 0) is 0 Å². The highest BCUT2D eigenvalue weighted by Gasteiger charge is 2.10. The van der Waals surface area contributed by atoms with Crippen molar-refractivity contribution in [2.24, 2.45) is 0 Å². The van der Waals surface area contributed by atoms with Crippen LogP contribution < -0.4 is 0 Å². The number of imidazole rings is 1. The van der Waals surface area contributed by atoms with Gasteiger partial charge in [0, 0.05) is 18.6 Å². The number of hydrogen-bond donors (Lipinski definition) is 0. The Hall–Kier alpha value is -1.39. The molecule has 0 aliphatic heterocycles. The van der Waals surface area contributed by atoms with Gasteiger partial charge in [-0.15, -0.1) is 0 Å². The molecule has 0 unspecified atom stereocenters. The van der Waals surface area contributed by atoms with Crippen LogP contribution in [-0.4, -0.2) is 20.4 Å². The predicted molar refractivity (Wildman–Crippen MR) is 56.2 cm³/mol. The van der Waals surface area contributed by atoms with Crippen molar-refractivity contribution in [3.05, 3.63) is 46.7 Å².